The van der Waals surface area contributed by atoms with Crippen molar-refractivity contribution in [3.05, 3.63) is 27.5 Å². The van der Waals surface area contributed by atoms with Crippen LogP contribution < -0.4 is 5.32 Å². The predicted octanol–water partition coefficient (Wildman–Crippen LogP) is 2.64. The molecular weight excluding hydrogens is 292 g/mol. The van der Waals surface area contributed by atoms with Gasteiger partial charge < -0.3 is 10.4 Å². The molecule has 0 aliphatic carbocycles. The summed E-state index contributed by atoms with van der Waals surface area (Å²) in [6.07, 6.45) is 0. The molecule has 0 spiro atoms. The maximum absolute atomic E-state index is 11.8. The fourth-order valence-electron chi connectivity index (χ4n) is 1.26. The lowest BCUT2D eigenvalue weighted by Gasteiger charge is -2.08. The van der Waals surface area contributed by atoms with Crippen molar-refractivity contribution >= 4 is 40.2 Å². The molecule has 1 atom stereocenters. The van der Waals surface area contributed by atoms with Gasteiger partial charge in [0, 0.05) is 11.4 Å². The minimum Gasteiger partial charge on any atom is -0.394 e. The van der Waals surface area contributed by atoms with E-state index in [-0.39, 0.29) is 18.6 Å². The number of nitrogens with zero attached hydrogens (tertiary/aromatic N) is 1. The van der Waals surface area contributed by atoms with Crippen LogP contribution in [0, 0.1) is 0 Å². The first kappa shape index (κ1) is 13.5. The SMILES string of the molecule is CC(CO)NC(=O)c1csc(-c2ccc(Cl)s2)n1. The van der Waals surface area contributed by atoms with Crippen molar-refractivity contribution in [3.63, 3.8) is 0 Å². The molecule has 2 rings (SSSR count). The largest absolute Gasteiger partial charge is 0.394 e. The Bertz CT molecular complexity index is 553. The Morgan fingerprint density at radius 2 is 2.39 bits per heavy atom. The second-order valence-electron chi connectivity index (χ2n) is 3.70. The zero-order chi connectivity index (χ0) is 13.1. The molecule has 2 N–H and O–H groups in total. The van der Waals surface area contributed by atoms with Gasteiger partial charge in [0.05, 0.1) is 15.8 Å². The monoisotopic (exact) mass is 302 g/mol. The summed E-state index contributed by atoms with van der Waals surface area (Å²) in [6.45, 7) is 1.63. The van der Waals surface area contributed by atoms with Crippen LogP contribution in [0.3, 0.4) is 0 Å². The minimum absolute atomic E-state index is 0.0940. The van der Waals surface area contributed by atoms with Crippen molar-refractivity contribution in [1.29, 1.82) is 0 Å². The Kier molecular flexibility index (Phi) is 4.34. The van der Waals surface area contributed by atoms with Crippen LogP contribution in [-0.4, -0.2) is 28.6 Å². The second-order valence-corrected chi connectivity index (χ2v) is 6.27. The lowest BCUT2D eigenvalue weighted by Crippen LogP contribution is -2.35. The number of hydrogen-bond acceptors (Lipinski definition) is 5. The molecule has 0 saturated carbocycles. The summed E-state index contributed by atoms with van der Waals surface area (Å²) in [5.74, 6) is -0.276. The number of aromatic nitrogens is 1. The van der Waals surface area contributed by atoms with Gasteiger partial charge in [-0.2, -0.15) is 0 Å². The van der Waals surface area contributed by atoms with Crippen LogP contribution in [0.1, 0.15) is 17.4 Å². The first-order chi connectivity index (χ1) is 8.60. The fourth-order valence-corrected chi connectivity index (χ4v) is 3.18. The number of aliphatic hydroxyl groups is 1. The number of halogens is 1. The Morgan fingerprint density at radius 3 is 3.00 bits per heavy atom. The summed E-state index contributed by atoms with van der Waals surface area (Å²) < 4.78 is 0.695. The van der Waals surface area contributed by atoms with Crippen molar-refractivity contribution in [3.8, 4) is 9.88 Å². The van der Waals surface area contributed by atoms with E-state index >= 15 is 0 Å². The first-order valence-corrected chi connectivity index (χ1v) is 7.30. The van der Waals surface area contributed by atoms with E-state index < -0.39 is 0 Å². The van der Waals surface area contributed by atoms with E-state index in [1.165, 1.54) is 22.7 Å². The number of thiazole rings is 1. The van der Waals surface area contributed by atoms with Gasteiger partial charge >= 0.3 is 0 Å². The van der Waals surface area contributed by atoms with Crippen LogP contribution in [0.4, 0.5) is 0 Å². The number of amides is 1. The van der Waals surface area contributed by atoms with Gasteiger partial charge in [-0.1, -0.05) is 11.6 Å². The highest BCUT2D eigenvalue weighted by atomic mass is 35.5. The molecule has 0 fully saturated rings. The highest BCUT2D eigenvalue weighted by Crippen LogP contribution is 2.32. The maximum atomic E-state index is 11.8. The van der Waals surface area contributed by atoms with E-state index in [1.54, 1.807) is 18.4 Å². The molecule has 0 aromatic carbocycles. The Balaban J connectivity index is 2.13. The molecule has 0 aliphatic heterocycles. The van der Waals surface area contributed by atoms with Gasteiger partial charge in [0.2, 0.25) is 0 Å². The fraction of sp³-hybridized carbons (Fsp3) is 0.273. The number of carbonyl (C=O) groups excluding carboxylic acids is 1. The van der Waals surface area contributed by atoms with Gasteiger partial charge in [-0.15, -0.1) is 22.7 Å². The van der Waals surface area contributed by atoms with Crippen molar-refractivity contribution in [1.82, 2.24) is 10.3 Å². The summed E-state index contributed by atoms with van der Waals surface area (Å²) in [4.78, 5) is 17.0. The average molecular weight is 303 g/mol. The number of carbonyl (C=O) groups is 1. The lowest BCUT2D eigenvalue weighted by molar-refractivity contribution is 0.0918. The quantitative estimate of drug-likeness (QED) is 0.912. The molecule has 0 saturated heterocycles. The summed E-state index contributed by atoms with van der Waals surface area (Å²) in [5, 5.41) is 14.0. The molecule has 2 aromatic rings. The van der Waals surface area contributed by atoms with Crippen LogP contribution in [0.25, 0.3) is 9.88 Å². The van der Waals surface area contributed by atoms with Gasteiger partial charge in [-0.3, -0.25) is 4.79 Å². The van der Waals surface area contributed by atoms with E-state index in [1.807, 2.05) is 6.07 Å². The van der Waals surface area contributed by atoms with Crippen LogP contribution in [0.5, 0.6) is 0 Å². The lowest BCUT2D eigenvalue weighted by atomic mass is 10.3. The highest BCUT2D eigenvalue weighted by molar-refractivity contribution is 7.23. The van der Waals surface area contributed by atoms with Gasteiger partial charge in [0.15, 0.2) is 0 Å². The van der Waals surface area contributed by atoms with E-state index in [9.17, 15) is 4.79 Å². The highest BCUT2D eigenvalue weighted by Gasteiger charge is 2.14. The van der Waals surface area contributed by atoms with Gasteiger partial charge in [0.1, 0.15) is 10.7 Å². The molecule has 0 aliphatic rings. The van der Waals surface area contributed by atoms with Gasteiger partial charge in [-0.05, 0) is 19.1 Å². The van der Waals surface area contributed by atoms with Crippen LogP contribution >= 0.6 is 34.3 Å². The number of nitrogens with one attached hydrogen (secondary N) is 1. The second kappa shape index (κ2) is 5.79. The number of hydrogen-bond donors (Lipinski definition) is 2. The van der Waals surface area contributed by atoms with E-state index in [0.717, 1.165) is 9.88 Å². The van der Waals surface area contributed by atoms with E-state index in [0.29, 0.717) is 10.0 Å². The molecule has 1 amide bonds. The molecule has 2 aromatic heterocycles. The molecule has 18 heavy (non-hydrogen) atoms. The minimum atomic E-state index is -0.279. The summed E-state index contributed by atoms with van der Waals surface area (Å²) in [5.41, 5.74) is 0.361. The Hall–Kier alpha value is -0.950. The summed E-state index contributed by atoms with van der Waals surface area (Å²) in [7, 11) is 0. The van der Waals surface area contributed by atoms with Crippen molar-refractivity contribution < 1.29 is 9.90 Å². The third-order valence-corrected chi connectivity index (χ3v) is 4.41. The van der Waals surface area contributed by atoms with Crippen molar-refractivity contribution in [2.45, 2.75) is 13.0 Å². The van der Waals surface area contributed by atoms with E-state index in [4.69, 9.17) is 16.7 Å². The van der Waals surface area contributed by atoms with Gasteiger partial charge in [0.25, 0.3) is 5.91 Å². The third kappa shape index (κ3) is 3.08. The molecule has 96 valence electrons. The van der Waals surface area contributed by atoms with Crippen LogP contribution in [0.2, 0.25) is 4.34 Å². The smallest absolute Gasteiger partial charge is 0.271 e. The third-order valence-electron chi connectivity index (χ3n) is 2.17. The zero-order valence-electron chi connectivity index (χ0n) is 9.51. The molecule has 4 nitrogen and oxygen atoms in total. The first-order valence-electron chi connectivity index (χ1n) is 5.23. The average Bonchev–Trinajstić information content (AvgIpc) is 2.96. The topological polar surface area (TPSA) is 62.2 Å². The maximum Gasteiger partial charge on any atom is 0.271 e. The van der Waals surface area contributed by atoms with Crippen molar-refractivity contribution in [2.24, 2.45) is 0 Å². The molecule has 1 unspecified atom stereocenters. The van der Waals surface area contributed by atoms with E-state index in [2.05, 4.69) is 10.3 Å². The molecule has 2 heterocycles. The number of thiophene rings is 1. The molecule has 0 radical (unpaired) electrons. The van der Waals surface area contributed by atoms with Crippen LogP contribution in [0.15, 0.2) is 17.5 Å². The number of aliphatic hydroxyl groups excluding tert-OH is 1. The molecule has 7 heteroatoms. The van der Waals surface area contributed by atoms with Crippen LogP contribution in [-0.2, 0) is 0 Å². The Morgan fingerprint density at radius 1 is 1.61 bits per heavy atom. The zero-order valence-corrected chi connectivity index (χ0v) is 11.9. The molecule has 0 bridgehead atoms. The predicted molar refractivity (Wildman–Crippen MR) is 74.5 cm³/mol. The van der Waals surface area contributed by atoms with Gasteiger partial charge in [-0.25, -0.2) is 4.98 Å². The normalized spacial score (nSPS) is 12.4. The van der Waals surface area contributed by atoms with Crippen molar-refractivity contribution in [2.75, 3.05) is 6.61 Å². The number of rotatable bonds is 4. The Labute approximate surface area is 117 Å². The summed E-state index contributed by atoms with van der Waals surface area (Å²) >= 11 is 8.68. The summed E-state index contributed by atoms with van der Waals surface area (Å²) in [6, 6.07) is 3.40. The standard InChI is InChI=1S/C11H11ClN2O2S2/c1-6(4-15)13-10(16)7-5-17-11(14-7)8-2-3-9(12)18-8/h2-3,5-6,15H,4H2,1H3,(H,13,16). The molecular formula is C11H11ClN2O2S2.